The first-order valence-corrected chi connectivity index (χ1v) is 12.8. The molecule has 0 bridgehead atoms. The molecule has 0 heterocycles. The monoisotopic (exact) mass is 481 g/mol. The van der Waals surface area contributed by atoms with Crippen LogP contribution in [0, 0.1) is 0 Å². The van der Waals surface area contributed by atoms with E-state index in [9.17, 15) is 9.59 Å². The van der Waals surface area contributed by atoms with Crippen LogP contribution in [0.2, 0.25) is 5.02 Å². The molecule has 2 aromatic carbocycles. The second kappa shape index (κ2) is 10.9. The highest BCUT2D eigenvalue weighted by Crippen LogP contribution is 2.36. The van der Waals surface area contributed by atoms with E-state index < -0.39 is 0 Å². The zero-order chi connectivity index (χ0) is 24.1. The number of nitrogens with zero attached hydrogens (tertiary/aromatic N) is 1. The van der Waals surface area contributed by atoms with Crippen LogP contribution in [0.5, 0.6) is 0 Å². The Labute approximate surface area is 208 Å². The first kappa shape index (κ1) is 24.7. The first-order valence-electron chi connectivity index (χ1n) is 12.4. The van der Waals surface area contributed by atoms with Crippen molar-refractivity contribution in [3.8, 4) is 0 Å². The number of hydrogen-bond donors (Lipinski definition) is 2. The fourth-order valence-electron chi connectivity index (χ4n) is 5.60. The second-order valence-corrected chi connectivity index (χ2v) is 10.6. The molecule has 0 radical (unpaired) electrons. The number of likely N-dealkylation sites (N-methyl/N-ethyl adjacent to an activating group) is 1. The van der Waals surface area contributed by atoms with Crippen LogP contribution in [0.4, 0.5) is 0 Å². The summed E-state index contributed by atoms with van der Waals surface area (Å²) in [6.07, 6.45) is 7.09. The van der Waals surface area contributed by atoms with Gasteiger partial charge in [0.2, 0.25) is 11.8 Å². The van der Waals surface area contributed by atoms with E-state index in [1.165, 1.54) is 16.7 Å². The molecule has 1 fully saturated rings. The van der Waals surface area contributed by atoms with Gasteiger partial charge in [-0.1, -0.05) is 48.0 Å². The van der Waals surface area contributed by atoms with Gasteiger partial charge in [-0.25, -0.2) is 0 Å². The number of amides is 2. The minimum Gasteiger partial charge on any atom is -0.353 e. The standard InChI is InChI=1S/C28H36ClN3O2/c1-32(2)28(19-20-6-5-9-23(29)16-20)14-12-24(13-15-28)30-26(33)10-11-27(34)31-25-17-21-7-3-4-8-22(21)18-25/h3-9,16,24-25H,10-15,17-19H2,1-2H3,(H,30,33)(H,31,34). The van der Waals surface area contributed by atoms with Crippen LogP contribution in [0.15, 0.2) is 48.5 Å². The molecular weight excluding hydrogens is 446 g/mol. The molecule has 2 amide bonds. The third-order valence-corrected chi connectivity index (χ3v) is 7.88. The molecule has 0 atom stereocenters. The first-order chi connectivity index (χ1) is 16.3. The Balaban J connectivity index is 1.20. The lowest BCUT2D eigenvalue weighted by atomic mass is 9.75. The van der Waals surface area contributed by atoms with Gasteiger partial charge >= 0.3 is 0 Å². The van der Waals surface area contributed by atoms with E-state index in [2.05, 4.69) is 53.9 Å². The molecule has 34 heavy (non-hydrogen) atoms. The minimum absolute atomic E-state index is 0.0259. The average molecular weight is 482 g/mol. The van der Waals surface area contributed by atoms with Gasteiger partial charge in [0.1, 0.15) is 0 Å². The number of carbonyl (C=O) groups is 2. The van der Waals surface area contributed by atoms with Crippen LogP contribution in [-0.2, 0) is 28.9 Å². The van der Waals surface area contributed by atoms with E-state index in [1.807, 2.05) is 24.3 Å². The quantitative estimate of drug-likeness (QED) is 0.590. The number of benzene rings is 2. The largest absolute Gasteiger partial charge is 0.353 e. The number of carbonyl (C=O) groups excluding carboxylic acids is 2. The van der Waals surface area contributed by atoms with Gasteiger partial charge < -0.3 is 15.5 Å². The van der Waals surface area contributed by atoms with E-state index in [0.717, 1.165) is 50.0 Å². The molecule has 0 unspecified atom stereocenters. The summed E-state index contributed by atoms with van der Waals surface area (Å²) in [5.74, 6) is -0.0631. The van der Waals surface area contributed by atoms with Gasteiger partial charge in [-0.15, -0.1) is 0 Å². The molecule has 6 heteroatoms. The Morgan fingerprint density at radius 3 is 2.06 bits per heavy atom. The van der Waals surface area contributed by atoms with Crippen molar-refractivity contribution in [2.45, 2.75) is 75.4 Å². The van der Waals surface area contributed by atoms with Crippen molar-refractivity contribution in [2.75, 3.05) is 14.1 Å². The third-order valence-electron chi connectivity index (χ3n) is 7.65. The Morgan fingerprint density at radius 2 is 1.50 bits per heavy atom. The Hall–Kier alpha value is -2.37. The van der Waals surface area contributed by atoms with Crippen molar-refractivity contribution >= 4 is 23.4 Å². The van der Waals surface area contributed by atoms with Crippen molar-refractivity contribution in [3.63, 3.8) is 0 Å². The average Bonchev–Trinajstić information content (AvgIpc) is 3.21. The molecule has 2 aliphatic rings. The lowest BCUT2D eigenvalue weighted by molar-refractivity contribution is -0.127. The smallest absolute Gasteiger partial charge is 0.220 e. The summed E-state index contributed by atoms with van der Waals surface area (Å²) in [4.78, 5) is 27.3. The molecule has 0 spiro atoms. The number of rotatable bonds is 8. The maximum absolute atomic E-state index is 12.5. The van der Waals surface area contributed by atoms with Crippen LogP contribution < -0.4 is 10.6 Å². The van der Waals surface area contributed by atoms with Gasteiger partial charge in [-0.05, 0) is 87.9 Å². The summed E-state index contributed by atoms with van der Waals surface area (Å²) in [6, 6.07) is 16.8. The summed E-state index contributed by atoms with van der Waals surface area (Å²) < 4.78 is 0. The number of halogens is 1. The van der Waals surface area contributed by atoms with Crippen molar-refractivity contribution in [3.05, 3.63) is 70.2 Å². The molecule has 2 aliphatic carbocycles. The predicted octanol–water partition coefficient (Wildman–Crippen LogP) is 4.31. The Kier molecular flexibility index (Phi) is 7.95. The Bertz CT molecular complexity index is 989. The second-order valence-electron chi connectivity index (χ2n) is 10.2. The lowest BCUT2D eigenvalue weighted by Gasteiger charge is -2.45. The molecule has 5 nitrogen and oxygen atoms in total. The summed E-state index contributed by atoms with van der Waals surface area (Å²) in [5, 5.41) is 7.05. The Morgan fingerprint density at radius 1 is 0.912 bits per heavy atom. The topological polar surface area (TPSA) is 61.4 Å². The van der Waals surface area contributed by atoms with Crippen molar-refractivity contribution in [1.82, 2.24) is 15.5 Å². The van der Waals surface area contributed by atoms with Crippen molar-refractivity contribution in [1.29, 1.82) is 0 Å². The van der Waals surface area contributed by atoms with Crippen LogP contribution in [0.25, 0.3) is 0 Å². The van der Waals surface area contributed by atoms with E-state index >= 15 is 0 Å². The van der Waals surface area contributed by atoms with Crippen molar-refractivity contribution in [2.24, 2.45) is 0 Å². The van der Waals surface area contributed by atoms with Gasteiger partial charge in [0.25, 0.3) is 0 Å². The van der Waals surface area contributed by atoms with E-state index in [0.29, 0.717) is 0 Å². The van der Waals surface area contributed by atoms with Gasteiger partial charge in [-0.3, -0.25) is 9.59 Å². The molecule has 2 aromatic rings. The predicted molar refractivity (Wildman–Crippen MR) is 137 cm³/mol. The molecular formula is C28H36ClN3O2. The van der Waals surface area contributed by atoms with Crippen LogP contribution >= 0.6 is 11.6 Å². The number of nitrogens with one attached hydrogen (secondary N) is 2. The molecule has 182 valence electrons. The molecule has 1 saturated carbocycles. The van der Waals surface area contributed by atoms with Crippen LogP contribution in [0.1, 0.15) is 55.2 Å². The zero-order valence-electron chi connectivity index (χ0n) is 20.3. The van der Waals surface area contributed by atoms with Crippen LogP contribution in [-0.4, -0.2) is 48.4 Å². The maximum atomic E-state index is 12.5. The van der Waals surface area contributed by atoms with E-state index in [-0.39, 0.29) is 42.3 Å². The molecule has 0 aromatic heterocycles. The van der Waals surface area contributed by atoms with Crippen molar-refractivity contribution < 1.29 is 9.59 Å². The molecule has 4 rings (SSSR count). The van der Waals surface area contributed by atoms with Gasteiger partial charge in [0, 0.05) is 35.5 Å². The normalized spacial score (nSPS) is 22.4. The van der Waals surface area contributed by atoms with Gasteiger partial charge in [0.15, 0.2) is 0 Å². The maximum Gasteiger partial charge on any atom is 0.220 e. The molecule has 2 N–H and O–H groups in total. The van der Waals surface area contributed by atoms with Crippen LogP contribution in [0.3, 0.4) is 0 Å². The highest BCUT2D eigenvalue weighted by atomic mass is 35.5. The zero-order valence-corrected chi connectivity index (χ0v) is 21.0. The summed E-state index contributed by atoms with van der Waals surface area (Å²) in [7, 11) is 4.29. The fourth-order valence-corrected chi connectivity index (χ4v) is 5.81. The van der Waals surface area contributed by atoms with E-state index in [1.54, 1.807) is 0 Å². The van der Waals surface area contributed by atoms with Gasteiger partial charge in [0.05, 0.1) is 0 Å². The molecule has 0 aliphatic heterocycles. The number of fused-ring (bicyclic) bond motifs is 1. The number of hydrogen-bond acceptors (Lipinski definition) is 3. The summed E-state index contributed by atoms with van der Waals surface area (Å²) in [5.41, 5.74) is 3.95. The fraction of sp³-hybridized carbons (Fsp3) is 0.500. The molecule has 0 saturated heterocycles. The summed E-state index contributed by atoms with van der Waals surface area (Å²) in [6.45, 7) is 0. The SMILES string of the molecule is CN(C)C1(Cc2cccc(Cl)c2)CCC(NC(=O)CCC(=O)NC2Cc3ccccc3C2)CC1. The highest BCUT2D eigenvalue weighted by Gasteiger charge is 2.37. The minimum atomic E-state index is -0.0373. The van der Waals surface area contributed by atoms with E-state index in [4.69, 9.17) is 11.6 Å². The van der Waals surface area contributed by atoms with Gasteiger partial charge in [-0.2, -0.15) is 0 Å². The lowest BCUT2D eigenvalue weighted by Crippen LogP contribution is -2.52. The third kappa shape index (κ3) is 6.19. The summed E-state index contributed by atoms with van der Waals surface area (Å²) >= 11 is 6.20. The highest BCUT2D eigenvalue weighted by molar-refractivity contribution is 6.30.